The Morgan fingerprint density at radius 1 is 0.340 bits per heavy atom. The number of nitrogens with zero attached hydrogens (tertiary/aromatic N) is 2. The van der Waals surface area contributed by atoms with E-state index in [-0.39, 0.29) is 5.41 Å². The average molecular weight is 677 g/mol. The molecule has 250 valence electrons. The Labute approximate surface area is 310 Å². The third kappa shape index (κ3) is 5.02. The highest BCUT2D eigenvalue weighted by atomic mass is 14.9. The summed E-state index contributed by atoms with van der Waals surface area (Å²) in [5.41, 5.74) is 15.2. The Morgan fingerprint density at radius 3 is 1.53 bits per heavy atom. The molecule has 0 bridgehead atoms. The summed E-state index contributed by atoms with van der Waals surface area (Å²) in [4.78, 5) is 10.7. The maximum absolute atomic E-state index is 5.40. The van der Waals surface area contributed by atoms with Crippen molar-refractivity contribution in [2.24, 2.45) is 0 Å². The highest BCUT2D eigenvalue weighted by molar-refractivity contribution is 6.07. The van der Waals surface area contributed by atoms with Crippen molar-refractivity contribution in [3.63, 3.8) is 0 Å². The number of hydrogen-bond donors (Lipinski definition) is 0. The van der Waals surface area contributed by atoms with Crippen molar-refractivity contribution >= 4 is 21.5 Å². The molecule has 1 aromatic heterocycles. The van der Waals surface area contributed by atoms with Crippen molar-refractivity contribution in [2.45, 2.75) is 19.3 Å². The maximum Gasteiger partial charge on any atom is 0.161 e. The van der Waals surface area contributed by atoms with Crippen LogP contribution in [0.2, 0.25) is 0 Å². The fourth-order valence-corrected chi connectivity index (χ4v) is 8.66. The first-order valence-corrected chi connectivity index (χ1v) is 18.3. The van der Waals surface area contributed by atoms with Gasteiger partial charge >= 0.3 is 0 Å². The molecule has 10 rings (SSSR count). The van der Waals surface area contributed by atoms with Crippen LogP contribution >= 0.6 is 0 Å². The van der Waals surface area contributed by atoms with E-state index in [0.717, 1.165) is 33.5 Å². The molecular formula is C51H36N2. The SMILES string of the molecule is CC1(C)c2ccccc2-c2cccc(-c3ccc(-c4nc(-c5ccccc5)cc(-c5ccc(-c6ccccc6)c6ccccc56)n4)c4ccccc34)c21. The van der Waals surface area contributed by atoms with Crippen molar-refractivity contribution in [3.05, 3.63) is 193 Å². The van der Waals surface area contributed by atoms with Crippen LogP contribution in [-0.2, 0) is 5.41 Å². The van der Waals surface area contributed by atoms with Crippen molar-refractivity contribution in [2.75, 3.05) is 0 Å². The van der Waals surface area contributed by atoms with Gasteiger partial charge in [-0.2, -0.15) is 0 Å². The monoisotopic (exact) mass is 676 g/mol. The summed E-state index contributed by atoms with van der Waals surface area (Å²) in [5.74, 6) is 0.714. The number of rotatable bonds is 5. The molecular weight excluding hydrogens is 641 g/mol. The van der Waals surface area contributed by atoms with Crippen molar-refractivity contribution in [1.29, 1.82) is 0 Å². The summed E-state index contributed by atoms with van der Waals surface area (Å²) < 4.78 is 0. The molecule has 0 unspecified atom stereocenters. The van der Waals surface area contributed by atoms with Crippen LogP contribution in [0.1, 0.15) is 25.0 Å². The molecule has 0 saturated carbocycles. The minimum absolute atomic E-state index is 0.122. The third-order valence-corrected chi connectivity index (χ3v) is 11.1. The molecule has 2 nitrogen and oxygen atoms in total. The number of fused-ring (bicyclic) bond motifs is 5. The largest absolute Gasteiger partial charge is 0.228 e. The predicted octanol–water partition coefficient (Wildman–Crippen LogP) is 13.4. The smallest absolute Gasteiger partial charge is 0.161 e. The number of hydrogen-bond acceptors (Lipinski definition) is 2. The second-order valence-corrected chi connectivity index (χ2v) is 14.5. The van der Waals surface area contributed by atoms with Crippen LogP contribution in [0.25, 0.3) is 88.8 Å². The summed E-state index contributed by atoms with van der Waals surface area (Å²) in [5, 5.41) is 4.70. The molecule has 0 saturated heterocycles. The van der Waals surface area contributed by atoms with E-state index in [2.05, 4.69) is 196 Å². The molecule has 0 amide bonds. The fraction of sp³-hybridized carbons (Fsp3) is 0.0588. The van der Waals surface area contributed by atoms with E-state index in [1.807, 2.05) is 0 Å². The van der Waals surface area contributed by atoms with E-state index in [1.165, 1.54) is 60.7 Å². The van der Waals surface area contributed by atoms with Gasteiger partial charge in [0, 0.05) is 22.1 Å². The molecule has 1 aliphatic rings. The van der Waals surface area contributed by atoms with Crippen molar-refractivity contribution < 1.29 is 0 Å². The summed E-state index contributed by atoms with van der Waals surface area (Å²) in [6.07, 6.45) is 0. The highest BCUT2D eigenvalue weighted by Crippen LogP contribution is 2.53. The molecule has 0 fully saturated rings. The lowest BCUT2D eigenvalue weighted by atomic mass is 9.78. The zero-order chi connectivity index (χ0) is 35.5. The van der Waals surface area contributed by atoms with Gasteiger partial charge in [-0.15, -0.1) is 0 Å². The van der Waals surface area contributed by atoms with E-state index < -0.39 is 0 Å². The first-order valence-electron chi connectivity index (χ1n) is 18.3. The molecule has 8 aromatic carbocycles. The predicted molar refractivity (Wildman–Crippen MR) is 222 cm³/mol. The fourth-order valence-electron chi connectivity index (χ4n) is 8.66. The van der Waals surface area contributed by atoms with Crippen LogP contribution in [0.5, 0.6) is 0 Å². The van der Waals surface area contributed by atoms with E-state index in [4.69, 9.17) is 9.97 Å². The zero-order valence-corrected chi connectivity index (χ0v) is 29.7. The van der Waals surface area contributed by atoms with Crippen molar-refractivity contribution in [3.8, 4) is 67.3 Å². The average Bonchev–Trinajstić information content (AvgIpc) is 3.46. The van der Waals surface area contributed by atoms with E-state index in [9.17, 15) is 0 Å². The topological polar surface area (TPSA) is 25.8 Å². The van der Waals surface area contributed by atoms with Gasteiger partial charge in [-0.3, -0.25) is 0 Å². The zero-order valence-electron chi connectivity index (χ0n) is 29.7. The maximum atomic E-state index is 5.40. The van der Waals surface area contributed by atoms with Gasteiger partial charge in [0.15, 0.2) is 5.82 Å². The second-order valence-electron chi connectivity index (χ2n) is 14.5. The Kier molecular flexibility index (Phi) is 7.19. The van der Waals surface area contributed by atoms with Crippen LogP contribution in [0.3, 0.4) is 0 Å². The lowest BCUT2D eigenvalue weighted by Crippen LogP contribution is -2.16. The molecule has 0 atom stereocenters. The van der Waals surface area contributed by atoms with E-state index in [1.54, 1.807) is 0 Å². The van der Waals surface area contributed by atoms with Gasteiger partial charge in [0.2, 0.25) is 0 Å². The third-order valence-electron chi connectivity index (χ3n) is 11.1. The highest BCUT2D eigenvalue weighted by Gasteiger charge is 2.37. The summed E-state index contributed by atoms with van der Waals surface area (Å²) >= 11 is 0. The van der Waals surface area contributed by atoms with Crippen molar-refractivity contribution in [1.82, 2.24) is 9.97 Å². The molecule has 0 aliphatic heterocycles. The summed E-state index contributed by atoms with van der Waals surface area (Å²) in [6.45, 7) is 4.72. The van der Waals surface area contributed by atoms with Gasteiger partial charge in [0.05, 0.1) is 11.4 Å². The molecule has 1 heterocycles. The quantitative estimate of drug-likeness (QED) is 0.181. The second kappa shape index (κ2) is 12.3. The van der Waals surface area contributed by atoms with E-state index >= 15 is 0 Å². The Morgan fingerprint density at radius 2 is 0.811 bits per heavy atom. The lowest BCUT2D eigenvalue weighted by Gasteiger charge is -2.25. The summed E-state index contributed by atoms with van der Waals surface area (Å²) in [6, 6.07) is 65.3. The van der Waals surface area contributed by atoms with Gasteiger partial charge in [-0.05, 0) is 78.2 Å². The van der Waals surface area contributed by atoms with E-state index in [0.29, 0.717) is 5.82 Å². The minimum atomic E-state index is -0.122. The van der Waals surface area contributed by atoms with Crippen LogP contribution in [0, 0.1) is 0 Å². The molecule has 1 aliphatic carbocycles. The lowest BCUT2D eigenvalue weighted by molar-refractivity contribution is 0.662. The van der Waals surface area contributed by atoms with Gasteiger partial charge in [0.25, 0.3) is 0 Å². The number of benzene rings is 8. The Hall–Kier alpha value is -6.64. The molecule has 0 N–H and O–H groups in total. The summed E-state index contributed by atoms with van der Waals surface area (Å²) in [7, 11) is 0. The molecule has 9 aromatic rings. The molecule has 53 heavy (non-hydrogen) atoms. The standard InChI is InChI=1S/C51H36N2/c1-51(2)46-27-14-13-24-41(46)44-26-15-25-43(49(44)51)40-29-31-45(39-23-12-10-21-37(39)40)50-52-47(34-18-7-4-8-19-34)32-48(53-50)42-30-28-35(33-16-5-3-6-17-33)36-20-9-11-22-38(36)42/h3-32H,1-2H3. The van der Waals surface area contributed by atoms with Gasteiger partial charge in [0.1, 0.15) is 0 Å². The Balaban J connectivity index is 1.18. The molecule has 0 radical (unpaired) electrons. The number of aromatic nitrogens is 2. The first-order chi connectivity index (χ1) is 26.1. The van der Waals surface area contributed by atoms with Crippen LogP contribution in [0.15, 0.2) is 182 Å². The van der Waals surface area contributed by atoms with Gasteiger partial charge in [-0.1, -0.05) is 184 Å². The molecule has 2 heteroatoms. The first kappa shape index (κ1) is 31.1. The van der Waals surface area contributed by atoms with Crippen LogP contribution < -0.4 is 0 Å². The van der Waals surface area contributed by atoms with Gasteiger partial charge < -0.3 is 0 Å². The van der Waals surface area contributed by atoms with Crippen LogP contribution in [0.4, 0.5) is 0 Å². The van der Waals surface area contributed by atoms with Crippen LogP contribution in [-0.4, -0.2) is 9.97 Å². The molecule has 0 spiro atoms. The normalized spacial score (nSPS) is 12.9. The van der Waals surface area contributed by atoms with Gasteiger partial charge in [-0.25, -0.2) is 9.97 Å². The minimum Gasteiger partial charge on any atom is -0.228 e. The Bertz CT molecular complexity index is 2850.